The number of carbonyl (C=O) groups is 2. The minimum atomic E-state index is -3.94. The zero-order valence-corrected chi connectivity index (χ0v) is 18.3. The highest BCUT2D eigenvalue weighted by molar-refractivity contribution is 7.91. The number of thiophene rings is 1. The molecule has 2 aromatic heterocycles. The first-order chi connectivity index (χ1) is 14.9. The third-order valence-corrected chi connectivity index (χ3v) is 8.16. The first-order valence-electron chi connectivity index (χ1n) is 9.47. The zero-order valence-electron chi connectivity index (χ0n) is 16.7. The Balaban J connectivity index is 1.68. The van der Waals surface area contributed by atoms with Crippen molar-refractivity contribution < 1.29 is 27.2 Å². The number of benzene rings is 1. The van der Waals surface area contributed by atoms with E-state index in [9.17, 15) is 18.0 Å². The van der Waals surface area contributed by atoms with Gasteiger partial charge in [-0.2, -0.15) is 0 Å². The summed E-state index contributed by atoms with van der Waals surface area (Å²) in [5.74, 6) is -0.785. The predicted octanol–water partition coefficient (Wildman–Crippen LogP) is 2.94. The Bertz CT molecular complexity index is 1260. The molecule has 0 atom stereocenters. The van der Waals surface area contributed by atoms with Crippen LogP contribution in [0.5, 0.6) is 0 Å². The Kier molecular flexibility index (Phi) is 5.69. The van der Waals surface area contributed by atoms with Gasteiger partial charge in [0.05, 0.1) is 19.2 Å². The van der Waals surface area contributed by atoms with E-state index in [0.29, 0.717) is 29.0 Å². The van der Waals surface area contributed by atoms with Crippen LogP contribution in [-0.4, -0.2) is 45.4 Å². The molecule has 10 heteroatoms. The maximum absolute atomic E-state index is 13.0. The summed E-state index contributed by atoms with van der Waals surface area (Å²) in [6.45, 7) is 4.03. The quantitative estimate of drug-likeness (QED) is 0.448. The molecule has 1 aliphatic heterocycles. The van der Waals surface area contributed by atoms with Gasteiger partial charge in [0.2, 0.25) is 0 Å². The van der Waals surface area contributed by atoms with Crippen LogP contribution in [0.4, 0.5) is 0 Å². The van der Waals surface area contributed by atoms with Gasteiger partial charge in [-0.25, -0.2) is 17.9 Å². The van der Waals surface area contributed by atoms with Crippen LogP contribution in [0.2, 0.25) is 0 Å². The van der Waals surface area contributed by atoms with Crippen LogP contribution in [-0.2, 0) is 27.7 Å². The number of rotatable bonds is 6. The van der Waals surface area contributed by atoms with Gasteiger partial charge < -0.3 is 14.1 Å². The number of sulfonamides is 1. The molecule has 0 radical (unpaired) electrons. The van der Waals surface area contributed by atoms with E-state index in [-0.39, 0.29) is 34.5 Å². The molecule has 1 aromatic carbocycles. The van der Waals surface area contributed by atoms with Crippen LogP contribution in [0.25, 0.3) is 11.0 Å². The number of para-hydroxylation sites is 1. The van der Waals surface area contributed by atoms with E-state index in [4.69, 9.17) is 9.15 Å². The molecule has 0 aliphatic carbocycles. The van der Waals surface area contributed by atoms with E-state index >= 15 is 0 Å². The average Bonchev–Trinajstić information content (AvgIpc) is 3.38. The number of fused-ring (bicyclic) bond motifs is 2. The fourth-order valence-electron chi connectivity index (χ4n) is 3.53. The Morgan fingerprint density at radius 3 is 2.84 bits per heavy atom. The van der Waals surface area contributed by atoms with Gasteiger partial charge in [-0.3, -0.25) is 4.79 Å². The van der Waals surface area contributed by atoms with E-state index in [1.165, 1.54) is 13.2 Å². The second kappa shape index (κ2) is 8.29. The van der Waals surface area contributed by atoms with Crippen molar-refractivity contribution in [1.82, 2.24) is 9.62 Å². The minimum Gasteiger partial charge on any atom is -0.465 e. The molecular weight excluding hydrogens is 440 g/mol. The molecule has 162 valence electrons. The molecule has 0 saturated heterocycles. The van der Waals surface area contributed by atoms with Gasteiger partial charge in [0.25, 0.3) is 15.9 Å². The summed E-state index contributed by atoms with van der Waals surface area (Å²) in [5.41, 5.74) is 1.26. The predicted molar refractivity (Wildman–Crippen MR) is 116 cm³/mol. The fourth-order valence-corrected chi connectivity index (χ4v) is 6.47. The van der Waals surface area contributed by atoms with E-state index in [1.54, 1.807) is 17.0 Å². The SMILES string of the molecule is C=CCNS(=O)(=O)c1sc2c(c1C(=O)OC)CCN(C(=O)c1cc3ccccc3o1)C2. The number of nitrogens with zero attached hydrogens (tertiary/aromatic N) is 1. The highest BCUT2D eigenvalue weighted by Crippen LogP contribution is 2.37. The van der Waals surface area contributed by atoms with E-state index in [0.717, 1.165) is 16.7 Å². The topological polar surface area (TPSA) is 106 Å². The van der Waals surface area contributed by atoms with Gasteiger partial charge in [-0.1, -0.05) is 24.3 Å². The maximum atomic E-state index is 13.0. The standard InChI is InChI=1S/C21H20N2O6S2/c1-3-9-22-31(26,27)21-18(20(25)28-2)14-8-10-23(12-17(14)30-21)19(24)16-11-13-6-4-5-7-15(13)29-16/h3-7,11,22H,1,8-10,12H2,2H3. The molecule has 0 bridgehead atoms. The Morgan fingerprint density at radius 1 is 1.35 bits per heavy atom. The molecule has 0 unspecified atom stereocenters. The highest BCUT2D eigenvalue weighted by atomic mass is 32.2. The molecule has 31 heavy (non-hydrogen) atoms. The minimum absolute atomic E-state index is 0.0299. The lowest BCUT2D eigenvalue weighted by molar-refractivity contribution is 0.0595. The summed E-state index contributed by atoms with van der Waals surface area (Å²) in [5, 5.41) is 0.828. The molecule has 3 aromatic rings. The molecule has 1 aliphatic rings. The van der Waals surface area contributed by atoms with Crippen LogP contribution >= 0.6 is 11.3 Å². The third-order valence-electron chi connectivity index (χ3n) is 5.00. The lowest BCUT2D eigenvalue weighted by Gasteiger charge is -2.26. The van der Waals surface area contributed by atoms with Gasteiger partial charge in [-0.05, 0) is 24.1 Å². The second-order valence-electron chi connectivity index (χ2n) is 6.92. The summed E-state index contributed by atoms with van der Waals surface area (Å²) in [6.07, 6.45) is 1.75. The number of ether oxygens (including phenoxy) is 1. The van der Waals surface area contributed by atoms with Crippen molar-refractivity contribution in [3.8, 4) is 0 Å². The number of carbonyl (C=O) groups excluding carboxylic acids is 2. The second-order valence-corrected chi connectivity index (χ2v) is 9.99. The molecule has 0 fully saturated rings. The summed E-state index contributed by atoms with van der Waals surface area (Å²) in [4.78, 5) is 27.6. The maximum Gasteiger partial charge on any atom is 0.340 e. The Hall–Kier alpha value is -2.95. The van der Waals surface area contributed by atoms with Crippen molar-refractivity contribution in [3.05, 3.63) is 64.8 Å². The Morgan fingerprint density at radius 2 is 2.13 bits per heavy atom. The van der Waals surface area contributed by atoms with Crippen molar-refractivity contribution in [1.29, 1.82) is 0 Å². The highest BCUT2D eigenvalue weighted by Gasteiger charge is 2.35. The van der Waals surface area contributed by atoms with Gasteiger partial charge in [0.15, 0.2) is 5.76 Å². The van der Waals surface area contributed by atoms with Crippen molar-refractivity contribution in [2.45, 2.75) is 17.2 Å². The summed E-state index contributed by atoms with van der Waals surface area (Å²) in [6, 6.07) is 9.03. The number of amides is 1. The largest absolute Gasteiger partial charge is 0.465 e. The molecule has 8 nitrogen and oxygen atoms in total. The van der Waals surface area contributed by atoms with Crippen molar-refractivity contribution >= 4 is 44.2 Å². The smallest absolute Gasteiger partial charge is 0.340 e. The monoisotopic (exact) mass is 460 g/mol. The van der Waals surface area contributed by atoms with Crippen LogP contribution in [0.3, 0.4) is 0 Å². The van der Waals surface area contributed by atoms with Crippen LogP contribution < -0.4 is 4.72 Å². The molecule has 1 amide bonds. The third kappa shape index (κ3) is 3.89. The molecular formula is C21H20N2O6S2. The number of hydrogen-bond donors (Lipinski definition) is 1. The molecule has 4 rings (SSSR count). The van der Waals surface area contributed by atoms with Gasteiger partial charge >= 0.3 is 5.97 Å². The first-order valence-corrected chi connectivity index (χ1v) is 11.8. The lowest BCUT2D eigenvalue weighted by Crippen LogP contribution is -2.35. The molecule has 1 N–H and O–H groups in total. The lowest BCUT2D eigenvalue weighted by atomic mass is 10.0. The molecule has 0 saturated carbocycles. The van der Waals surface area contributed by atoms with E-state index in [1.807, 2.05) is 18.2 Å². The number of esters is 1. The Labute approximate surface area is 183 Å². The first kappa shape index (κ1) is 21.3. The van der Waals surface area contributed by atoms with Gasteiger partial charge in [0.1, 0.15) is 9.79 Å². The molecule has 0 spiro atoms. The number of hydrogen-bond acceptors (Lipinski definition) is 7. The zero-order chi connectivity index (χ0) is 22.2. The average molecular weight is 461 g/mol. The van der Waals surface area contributed by atoms with Crippen molar-refractivity contribution in [2.75, 3.05) is 20.2 Å². The van der Waals surface area contributed by atoms with E-state index < -0.39 is 16.0 Å². The summed E-state index contributed by atoms with van der Waals surface area (Å²) < 4.78 is 38.3. The van der Waals surface area contributed by atoms with Gasteiger partial charge in [0, 0.05) is 23.4 Å². The normalized spacial score (nSPS) is 13.8. The summed E-state index contributed by atoms with van der Waals surface area (Å²) in [7, 11) is -2.73. The van der Waals surface area contributed by atoms with Crippen LogP contribution in [0.15, 0.2) is 51.6 Å². The van der Waals surface area contributed by atoms with Crippen molar-refractivity contribution in [2.24, 2.45) is 0 Å². The number of furan rings is 1. The van der Waals surface area contributed by atoms with Crippen LogP contribution in [0, 0.1) is 0 Å². The van der Waals surface area contributed by atoms with E-state index in [2.05, 4.69) is 11.3 Å². The van der Waals surface area contributed by atoms with Crippen molar-refractivity contribution in [3.63, 3.8) is 0 Å². The number of methoxy groups -OCH3 is 1. The fraction of sp³-hybridized carbons (Fsp3) is 0.238. The summed E-state index contributed by atoms with van der Waals surface area (Å²) >= 11 is 0.974. The number of nitrogens with one attached hydrogen (secondary N) is 1. The van der Waals surface area contributed by atoms with Crippen LogP contribution in [0.1, 0.15) is 31.4 Å². The molecule has 3 heterocycles. The van der Waals surface area contributed by atoms with Gasteiger partial charge in [-0.15, -0.1) is 17.9 Å².